The summed E-state index contributed by atoms with van der Waals surface area (Å²) in [7, 11) is 0. The number of nitrogens with zero attached hydrogens (tertiary/aromatic N) is 1. The lowest BCUT2D eigenvalue weighted by atomic mass is 10.1. The molecule has 1 amide bonds. The summed E-state index contributed by atoms with van der Waals surface area (Å²) in [6.07, 6.45) is -0.0164. The minimum Gasteiger partial charge on any atom is -0.466 e. The van der Waals surface area contributed by atoms with Gasteiger partial charge in [0.05, 0.1) is 0 Å². The van der Waals surface area contributed by atoms with Gasteiger partial charge < -0.3 is 4.74 Å². The number of carbonyl (C=O) groups is 1. The van der Waals surface area contributed by atoms with Crippen LogP contribution in [0.5, 0.6) is 5.75 Å². The van der Waals surface area contributed by atoms with E-state index in [1.54, 1.807) is 0 Å². The second-order valence-corrected chi connectivity index (χ2v) is 7.80. The molecule has 0 aliphatic carbocycles. The smallest absolute Gasteiger partial charge is 0.226 e. The molecule has 0 aliphatic rings. The van der Waals surface area contributed by atoms with Gasteiger partial charge in [0.25, 0.3) is 0 Å². The van der Waals surface area contributed by atoms with Gasteiger partial charge in [-0.1, -0.05) is 92.2 Å². The number of rotatable bonds is 8. The maximum atomic E-state index is 13.3. The van der Waals surface area contributed by atoms with Crippen molar-refractivity contribution >= 4 is 5.91 Å². The molecule has 0 radical (unpaired) electrons. The monoisotopic (exact) mass is 387 g/mol. The fourth-order valence-corrected chi connectivity index (χ4v) is 3.22. The predicted molar refractivity (Wildman–Crippen MR) is 117 cm³/mol. The van der Waals surface area contributed by atoms with Crippen molar-refractivity contribution in [2.75, 3.05) is 0 Å². The molecule has 1 atom stereocenters. The van der Waals surface area contributed by atoms with Crippen LogP contribution in [0.1, 0.15) is 43.2 Å². The third kappa shape index (κ3) is 5.95. The first-order valence-corrected chi connectivity index (χ1v) is 10.1. The summed E-state index contributed by atoms with van der Waals surface area (Å²) in [6.45, 7) is 6.69. The van der Waals surface area contributed by atoms with Gasteiger partial charge in [0.2, 0.25) is 12.1 Å². The lowest BCUT2D eigenvalue weighted by Gasteiger charge is -2.33. The summed E-state index contributed by atoms with van der Waals surface area (Å²) in [4.78, 5) is 15.1. The summed E-state index contributed by atoms with van der Waals surface area (Å²) in [5.74, 6) is 1.11. The van der Waals surface area contributed by atoms with E-state index in [-0.39, 0.29) is 11.8 Å². The van der Waals surface area contributed by atoms with E-state index in [4.69, 9.17) is 4.74 Å². The topological polar surface area (TPSA) is 29.5 Å². The molecule has 0 spiro atoms. The van der Waals surface area contributed by atoms with Crippen LogP contribution in [0.4, 0.5) is 0 Å². The predicted octanol–water partition coefficient (Wildman–Crippen LogP) is 6.15. The zero-order valence-corrected chi connectivity index (χ0v) is 17.4. The van der Waals surface area contributed by atoms with E-state index in [1.165, 1.54) is 5.56 Å². The second-order valence-electron chi connectivity index (χ2n) is 7.80. The summed E-state index contributed by atoms with van der Waals surface area (Å²) < 4.78 is 6.38. The highest BCUT2D eigenvalue weighted by molar-refractivity contribution is 5.76. The molecule has 0 aliphatic heterocycles. The molecule has 3 aromatic carbocycles. The van der Waals surface area contributed by atoms with Gasteiger partial charge in [0, 0.05) is 18.5 Å². The van der Waals surface area contributed by atoms with Gasteiger partial charge in [0.15, 0.2) is 0 Å². The van der Waals surface area contributed by atoms with Gasteiger partial charge in [-0.2, -0.15) is 0 Å². The Morgan fingerprint density at radius 2 is 1.45 bits per heavy atom. The number of ether oxygens (including phenoxy) is 1. The normalized spacial score (nSPS) is 11.9. The van der Waals surface area contributed by atoms with Crippen LogP contribution in [0.2, 0.25) is 0 Å². The van der Waals surface area contributed by atoms with Gasteiger partial charge in [-0.05, 0) is 30.5 Å². The largest absolute Gasteiger partial charge is 0.466 e. The molecule has 0 heterocycles. The molecule has 0 aromatic heterocycles. The van der Waals surface area contributed by atoms with E-state index in [1.807, 2.05) is 77.7 Å². The quantitative estimate of drug-likeness (QED) is 0.434. The third-order valence-corrected chi connectivity index (χ3v) is 4.74. The lowest BCUT2D eigenvalue weighted by Crippen LogP contribution is -2.38. The minimum absolute atomic E-state index is 0.0883. The van der Waals surface area contributed by atoms with Crippen LogP contribution >= 0.6 is 0 Å². The maximum Gasteiger partial charge on any atom is 0.226 e. The Labute approximate surface area is 174 Å². The number of hydrogen-bond donors (Lipinski definition) is 0. The van der Waals surface area contributed by atoms with E-state index in [2.05, 4.69) is 32.9 Å². The zero-order chi connectivity index (χ0) is 20.6. The molecule has 0 saturated carbocycles. The number of aryl methyl sites for hydroxylation is 1. The molecule has 0 N–H and O–H groups in total. The molecule has 3 rings (SSSR count). The molecular weight excluding hydrogens is 358 g/mol. The minimum atomic E-state index is -0.496. The molecule has 0 bridgehead atoms. The Balaban J connectivity index is 1.99. The van der Waals surface area contributed by atoms with Crippen molar-refractivity contribution in [1.29, 1.82) is 0 Å². The van der Waals surface area contributed by atoms with Crippen LogP contribution in [0.3, 0.4) is 0 Å². The Hall–Kier alpha value is -3.07. The molecule has 3 heteroatoms. The molecule has 0 fully saturated rings. The van der Waals surface area contributed by atoms with Crippen LogP contribution in [0, 0.1) is 12.8 Å². The average Bonchev–Trinajstić information content (AvgIpc) is 2.72. The van der Waals surface area contributed by atoms with Crippen molar-refractivity contribution in [3.8, 4) is 5.75 Å². The second kappa shape index (κ2) is 9.92. The fourth-order valence-electron chi connectivity index (χ4n) is 3.22. The van der Waals surface area contributed by atoms with Crippen molar-refractivity contribution in [2.45, 2.75) is 40.0 Å². The Morgan fingerprint density at radius 3 is 2.03 bits per heavy atom. The summed E-state index contributed by atoms with van der Waals surface area (Å²) in [5, 5.41) is 0. The average molecular weight is 388 g/mol. The number of amides is 1. The van der Waals surface area contributed by atoms with Crippen molar-refractivity contribution in [3.05, 3.63) is 102 Å². The first-order valence-electron chi connectivity index (χ1n) is 10.1. The zero-order valence-electron chi connectivity index (χ0n) is 17.4. The van der Waals surface area contributed by atoms with Gasteiger partial charge in [0.1, 0.15) is 5.75 Å². The summed E-state index contributed by atoms with van der Waals surface area (Å²) in [5.41, 5.74) is 3.22. The number of para-hydroxylation sites is 1. The highest BCUT2D eigenvalue weighted by Gasteiger charge is 2.27. The number of benzene rings is 3. The molecule has 29 heavy (non-hydrogen) atoms. The highest BCUT2D eigenvalue weighted by Crippen LogP contribution is 2.28. The highest BCUT2D eigenvalue weighted by atomic mass is 16.5. The Kier molecular flexibility index (Phi) is 7.07. The molecule has 150 valence electrons. The van der Waals surface area contributed by atoms with Crippen molar-refractivity contribution in [3.63, 3.8) is 0 Å². The third-order valence-electron chi connectivity index (χ3n) is 4.74. The molecule has 0 saturated heterocycles. The van der Waals surface area contributed by atoms with Crippen molar-refractivity contribution in [2.24, 2.45) is 5.92 Å². The summed E-state index contributed by atoms with van der Waals surface area (Å²) >= 11 is 0. The molecule has 3 nitrogen and oxygen atoms in total. The van der Waals surface area contributed by atoms with E-state index >= 15 is 0 Å². The standard InChI is InChI=1S/C26H29NO2/c1-20(2)18-25(28)27(19-22-10-6-4-7-11-22)26(23-16-14-21(3)15-17-23)29-24-12-8-5-9-13-24/h4-17,20,26H,18-19H2,1-3H3. The molecule has 1 unspecified atom stereocenters. The number of hydrogen-bond acceptors (Lipinski definition) is 2. The summed E-state index contributed by atoms with van der Waals surface area (Å²) in [6, 6.07) is 28.0. The SMILES string of the molecule is Cc1ccc(C(Oc2ccccc2)N(Cc2ccccc2)C(=O)CC(C)C)cc1. The van der Waals surface area contributed by atoms with E-state index in [0.717, 1.165) is 16.9 Å². The van der Waals surface area contributed by atoms with Crippen LogP contribution in [0.25, 0.3) is 0 Å². The van der Waals surface area contributed by atoms with E-state index < -0.39 is 6.23 Å². The van der Waals surface area contributed by atoms with Gasteiger partial charge in [-0.25, -0.2) is 0 Å². The van der Waals surface area contributed by atoms with Gasteiger partial charge in [-0.15, -0.1) is 0 Å². The Morgan fingerprint density at radius 1 is 0.862 bits per heavy atom. The van der Waals surface area contributed by atoms with Crippen LogP contribution in [-0.4, -0.2) is 10.8 Å². The van der Waals surface area contributed by atoms with Crippen LogP contribution < -0.4 is 4.74 Å². The van der Waals surface area contributed by atoms with Gasteiger partial charge >= 0.3 is 0 Å². The molecule has 3 aromatic rings. The van der Waals surface area contributed by atoms with E-state index in [0.29, 0.717) is 13.0 Å². The first-order chi connectivity index (χ1) is 14.0. The Bertz CT molecular complexity index is 889. The first kappa shape index (κ1) is 20.7. The van der Waals surface area contributed by atoms with Crippen LogP contribution in [-0.2, 0) is 11.3 Å². The van der Waals surface area contributed by atoms with Crippen molar-refractivity contribution in [1.82, 2.24) is 4.90 Å². The van der Waals surface area contributed by atoms with Crippen molar-refractivity contribution < 1.29 is 9.53 Å². The van der Waals surface area contributed by atoms with E-state index in [9.17, 15) is 4.79 Å². The lowest BCUT2D eigenvalue weighted by molar-refractivity contribution is -0.142. The number of carbonyl (C=O) groups excluding carboxylic acids is 1. The maximum absolute atomic E-state index is 13.3. The molecular formula is C26H29NO2. The van der Waals surface area contributed by atoms with Gasteiger partial charge in [-0.3, -0.25) is 9.69 Å². The van der Waals surface area contributed by atoms with Crippen LogP contribution in [0.15, 0.2) is 84.9 Å². The fraction of sp³-hybridized carbons (Fsp3) is 0.269.